The first kappa shape index (κ1) is 15.1. The third-order valence-corrected chi connectivity index (χ3v) is 4.24. The monoisotopic (exact) mass is 303 g/mol. The van der Waals surface area contributed by atoms with E-state index in [4.69, 9.17) is 19.3 Å². The number of aliphatic hydroxyl groups is 5. The van der Waals surface area contributed by atoms with Crippen LogP contribution in [-0.2, 0) is 14.2 Å². The Balaban J connectivity index is 1.76. The Morgan fingerprint density at radius 1 is 1.14 bits per heavy atom. The molecule has 0 aromatic rings. The molecule has 0 aromatic heterocycles. The normalized spacial score (nSPS) is 55.8. The summed E-state index contributed by atoms with van der Waals surface area (Å²) in [6.07, 6.45) is -9.17. The van der Waals surface area contributed by atoms with Crippen molar-refractivity contribution in [3.05, 3.63) is 0 Å². The van der Waals surface area contributed by atoms with Gasteiger partial charge in [-0.25, -0.2) is 0 Å². The predicted molar refractivity (Wildman–Crippen MR) is 62.5 cm³/mol. The molecule has 1 aliphatic carbocycles. The minimum Gasteiger partial charge on any atom is -0.394 e. The maximum atomic E-state index is 9.90. The highest BCUT2D eigenvalue weighted by atomic mass is 16.7. The summed E-state index contributed by atoms with van der Waals surface area (Å²) >= 11 is 0. The zero-order valence-corrected chi connectivity index (χ0v) is 10.9. The number of epoxide rings is 1. The molecule has 0 radical (unpaired) electrons. The van der Waals surface area contributed by atoms with Crippen molar-refractivity contribution in [2.24, 2.45) is 0 Å². The molecule has 3 fully saturated rings. The molecule has 2 heterocycles. The van der Waals surface area contributed by atoms with Crippen LogP contribution in [0.3, 0.4) is 0 Å². The van der Waals surface area contributed by atoms with Gasteiger partial charge in [-0.05, 0) is 0 Å². The summed E-state index contributed by atoms with van der Waals surface area (Å²) < 4.78 is 15.8. The second kappa shape index (κ2) is 5.12. The number of nitriles is 1. The van der Waals surface area contributed by atoms with E-state index in [-0.39, 0.29) is 6.42 Å². The van der Waals surface area contributed by atoms with Gasteiger partial charge >= 0.3 is 0 Å². The molecular formula is C12H17NO8. The molecule has 4 unspecified atom stereocenters. The minimum absolute atomic E-state index is 0.00610. The van der Waals surface area contributed by atoms with Crippen molar-refractivity contribution in [1.82, 2.24) is 0 Å². The van der Waals surface area contributed by atoms with E-state index in [1.165, 1.54) is 0 Å². The standard InChI is InChI=1S/C12H17NO8/c13-3-12(1-4(15)9-10(12)20-9)21-11-8(18)7(17)6(16)5(2-14)19-11/h4-11,14-18H,1-2H2/t4?,5-,6-,7+,8-,9?,10?,11+,12?/m1/s1. The Morgan fingerprint density at radius 3 is 2.33 bits per heavy atom. The van der Waals surface area contributed by atoms with Gasteiger partial charge in [0, 0.05) is 6.42 Å². The van der Waals surface area contributed by atoms with E-state index in [1.54, 1.807) is 0 Å². The van der Waals surface area contributed by atoms with Gasteiger partial charge in [0.1, 0.15) is 42.7 Å². The van der Waals surface area contributed by atoms with Crippen molar-refractivity contribution in [3.8, 4) is 6.07 Å². The first-order valence-electron chi connectivity index (χ1n) is 6.66. The number of hydrogen-bond donors (Lipinski definition) is 5. The molecule has 9 heteroatoms. The van der Waals surface area contributed by atoms with Crippen LogP contribution in [0.25, 0.3) is 0 Å². The van der Waals surface area contributed by atoms with E-state index in [1.807, 2.05) is 6.07 Å². The summed E-state index contributed by atoms with van der Waals surface area (Å²) in [7, 11) is 0. The van der Waals surface area contributed by atoms with Crippen molar-refractivity contribution in [1.29, 1.82) is 5.26 Å². The van der Waals surface area contributed by atoms with Crippen molar-refractivity contribution in [2.45, 2.75) is 61.0 Å². The van der Waals surface area contributed by atoms with Crippen LogP contribution in [0.1, 0.15) is 6.42 Å². The quantitative estimate of drug-likeness (QED) is 0.335. The SMILES string of the molecule is N#CC1(O[C@@H]2O[C@H](CO)[C@@H](O)[C@H](O)[C@H]2O)CC(O)C2OC21. The van der Waals surface area contributed by atoms with Crippen molar-refractivity contribution in [2.75, 3.05) is 6.61 Å². The maximum Gasteiger partial charge on any atom is 0.188 e. The van der Waals surface area contributed by atoms with Crippen LogP contribution in [0.15, 0.2) is 0 Å². The molecule has 5 N–H and O–H groups in total. The van der Waals surface area contributed by atoms with Crippen LogP contribution in [-0.4, -0.2) is 86.8 Å². The first-order valence-corrected chi connectivity index (χ1v) is 6.66. The molecule has 2 saturated heterocycles. The Labute approximate surface area is 119 Å². The molecule has 3 aliphatic rings. The molecule has 0 amide bonds. The third kappa shape index (κ3) is 2.25. The fourth-order valence-corrected chi connectivity index (χ4v) is 2.96. The van der Waals surface area contributed by atoms with Crippen LogP contribution in [0.2, 0.25) is 0 Å². The van der Waals surface area contributed by atoms with E-state index in [0.29, 0.717) is 0 Å². The summed E-state index contributed by atoms with van der Waals surface area (Å²) in [4.78, 5) is 0. The Kier molecular flexibility index (Phi) is 3.67. The first-order chi connectivity index (χ1) is 9.93. The van der Waals surface area contributed by atoms with Gasteiger partial charge in [0.2, 0.25) is 0 Å². The van der Waals surface area contributed by atoms with Crippen LogP contribution in [0.5, 0.6) is 0 Å². The lowest BCUT2D eigenvalue weighted by Gasteiger charge is -2.41. The van der Waals surface area contributed by atoms with E-state index in [2.05, 4.69) is 0 Å². The number of rotatable bonds is 3. The molecule has 1 saturated carbocycles. The second-order valence-corrected chi connectivity index (χ2v) is 5.61. The molecular weight excluding hydrogens is 286 g/mol. The van der Waals surface area contributed by atoms with E-state index in [9.17, 15) is 25.7 Å². The number of hydrogen-bond acceptors (Lipinski definition) is 9. The van der Waals surface area contributed by atoms with Crippen LogP contribution in [0, 0.1) is 11.3 Å². The Bertz CT molecular complexity index is 453. The zero-order chi connectivity index (χ0) is 15.4. The second-order valence-electron chi connectivity index (χ2n) is 5.61. The largest absolute Gasteiger partial charge is 0.394 e. The number of fused-ring (bicyclic) bond motifs is 1. The summed E-state index contributed by atoms with van der Waals surface area (Å²) in [6.45, 7) is -0.588. The number of nitrogens with zero attached hydrogens (tertiary/aromatic N) is 1. The van der Waals surface area contributed by atoms with Crippen LogP contribution < -0.4 is 0 Å². The molecule has 3 rings (SSSR count). The number of aliphatic hydroxyl groups excluding tert-OH is 5. The Morgan fingerprint density at radius 2 is 1.86 bits per heavy atom. The summed E-state index contributed by atoms with van der Waals surface area (Å²) in [5.74, 6) is 0. The van der Waals surface area contributed by atoms with Gasteiger partial charge in [0.15, 0.2) is 11.9 Å². The average Bonchev–Trinajstić information content (AvgIpc) is 3.23. The maximum absolute atomic E-state index is 9.90. The molecule has 0 bridgehead atoms. The molecule has 0 aromatic carbocycles. The fourth-order valence-electron chi connectivity index (χ4n) is 2.96. The van der Waals surface area contributed by atoms with E-state index >= 15 is 0 Å². The molecule has 21 heavy (non-hydrogen) atoms. The average molecular weight is 303 g/mol. The lowest BCUT2D eigenvalue weighted by Crippen LogP contribution is -2.61. The molecule has 9 atom stereocenters. The summed E-state index contributed by atoms with van der Waals surface area (Å²) in [6, 6.07) is 1.92. The fraction of sp³-hybridized carbons (Fsp3) is 0.917. The highest BCUT2D eigenvalue weighted by Crippen LogP contribution is 2.49. The van der Waals surface area contributed by atoms with Crippen LogP contribution in [0.4, 0.5) is 0 Å². The van der Waals surface area contributed by atoms with Gasteiger partial charge in [0.25, 0.3) is 0 Å². The highest BCUT2D eigenvalue weighted by molar-refractivity contribution is 5.23. The van der Waals surface area contributed by atoms with Gasteiger partial charge in [-0.15, -0.1) is 0 Å². The smallest absolute Gasteiger partial charge is 0.188 e. The van der Waals surface area contributed by atoms with Crippen molar-refractivity contribution < 1.29 is 39.7 Å². The molecule has 2 aliphatic heterocycles. The van der Waals surface area contributed by atoms with Crippen molar-refractivity contribution >= 4 is 0 Å². The number of ether oxygens (including phenoxy) is 3. The van der Waals surface area contributed by atoms with E-state index in [0.717, 1.165) is 0 Å². The van der Waals surface area contributed by atoms with Crippen LogP contribution >= 0.6 is 0 Å². The van der Waals surface area contributed by atoms with Gasteiger partial charge in [-0.1, -0.05) is 0 Å². The lowest BCUT2D eigenvalue weighted by atomic mass is 9.98. The van der Waals surface area contributed by atoms with E-state index < -0.39 is 61.2 Å². The Hall–Kier alpha value is -0.830. The van der Waals surface area contributed by atoms with Gasteiger partial charge in [-0.3, -0.25) is 0 Å². The topological polar surface area (TPSA) is 156 Å². The van der Waals surface area contributed by atoms with Gasteiger partial charge in [0.05, 0.1) is 12.7 Å². The highest BCUT2D eigenvalue weighted by Gasteiger charge is 2.68. The van der Waals surface area contributed by atoms with Gasteiger partial charge < -0.3 is 39.7 Å². The summed E-state index contributed by atoms with van der Waals surface area (Å²) in [5.41, 5.74) is -1.49. The molecule has 118 valence electrons. The lowest BCUT2D eigenvalue weighted by molar-refractivity contribution is -0.322. The van der Waals surface area contributed by atoms with Crippen molar-refractivity contribution in [3.63, 3.8) is 0 Å². The molecule has 0 spiro atoms. The zero-order valence-electron chi connectivity index (χ0n) is 10.9. The predicted octanol–water partition coefficient (Wildman–Crippen LogP) is -3.40. The van der Waals surface area contributed by atoms with Gasteiger partial charge in [-0.2, -0.15) is 5.26 Å². The minimum atomic E-state index is -1.59. The third-order valence-electron chi connectivity index (χ3n) is 4.24. The molecule has 9 nitrogen and oxygen atoms in total. The summed E-state index contributed by atoms with van der Waals surface area (Å²) in [5, 5.41) is 57.4.